The zero-order valence-electron chi connectivity index (χ0n) is 14.1. The monoisotopic (exact) mass is 302 g/mol. The van der Waals surface area contributed by atoms with Crippen LogP contribution >= 0.6 is 0 Å². The molecular formula is C17H27BN2O2. The Bertz CT molecular complexity index is 539. The first-order valence-electron chi connectivity index (χ1n) is 7.84. The Morgan fingerprint density at radius 3 is 2.32 bits per heavy atom. The lowest BCUT2D eigenvalue weighted by Crippen LogP contribution is -2.41. The van der Waals surface area contributed by atoms with Gasteiger partial charge in [-0.15, -0.1) is 0 Å². The predicted molar refractivity (Wildman–Crippen MR) is 92.3 cm³/mol. The van der Waals surface area contributed by atoms with Crippen molar-refractivity contribution in [1.82, 2.24) is 0 Å². The Labute approximate surface area is 134 Å². The molecule has 0 aliphatic carbocycles. The molecule has 0 spiro atoms. The highest BCUT2D eigenvalue weighted by molar-refractivity contribution is 6.55. The van der Waals surface area contributed by atoms with E-state index >= 15 is 0 Å². The molecule has 4 N–H and O–H groups in total. The minimum absolute atomic E-state index is 0.354. The molecule has 4 nitrogen and oxygen atoms in total. The Morgan fingerprint density at radius 1 is 1.14 bits per heavy atom. The number of hydrogen-bond donors (Lipinski definition) is 2. The molecule has 0 saturated carbocycles. The Morgan fingerprint density at radius 2 is 1.77 bits per heavy atom. The van der Waals surface area contributed by atoms with E-state index in [0.29, 0.717) is 13.1 Å². The van der Waals surface area contributed by atoms with Crippen LogP contribution in [-0.4, -0.2) is 31.4 Å². The maximum Gasteiger partial charge on any atom is 0.491 e. The number of hydrogen-bond acceptors (Lipinski definition) is 4. The van der Waals surface area contributed by atoms with Crippen LogP contribution in [-0.2, 0) is 15.7 Å². The molecule has 0 amide bonds. The molecule has 22 heavy (non-hydrogen) atoms. The van der Waals surface area contributed by atoms with E-state index in [1.807, 2.05) is 33.8 Å². The topological polar surface area (TPSA) is 70.5 Å². The molecule has 1 fully saturated rings. The van der Waals surface area contributed by atoms with E-state index in [1.165, 1.54) is 5.56 Å². The van der Waals surface area contributed by atoms with Gasteiger partial charge in [0.2, 0.25) is 0 Å². The largest absolute Gasteiger partial charge is 0.491 e. The highest BCUT2D eigenvalue weighted by Crippen LogP contribution is 2.38. The zero-order chi connectivity index (χ0) is 16.4. The third-order valence-electron chi connectivity index (χ3n) is 4.53. The van der Waals surface area contributed by atoms with Crippen LogP contribution in [0.2, 0.25) is 0 Å². The maximum absolute atomic E-state index is 6.08. The fraction of sp³-hybridized carbons (Fsp3) is 0.529. The lowest BCUT2D eigenvalue weighted by molar-refractivity contribution is 0.00578. The average molecular weight is 302 g/mol. The van der Waals surface area contributed by atoms with Gasteiger partial charge in [-0.1, -0.05) is 30.3 Å². The summed E-state index contributed by atoms with van der Waals surface area (Å²) in [6.07, 6.45) is 2.93. The molecule has 1 saturated heterocycles. The Kier molecular flexibility index (Phi) is 5.12. The Hall–Kier alpha value is -1.14. The molecule has 1 aliphatic rings. The number of rotatable bonds is 5. The number of nitrogens with two attached hydrogens (primary N) is 2. The van der Waals surface area contributed by atoms with Gasteiger partial charge in [-0.2, -0.15) is 0 Å². The second-order valence-electron chi connectivity index (χ2n) is 6.80. The molecule has 1 aliphatic heterocycles. The normalized spacial score (nSPS) is 20.5. The van der Waals surface area contributed by atoms with Crippen molar-refractivity contribution >= 4 is 13.2 Å². The van der Waals surface area contributed by atoms with Crippen LogP contribution in [0.5, 0.6) is 0 Å². The van der Waals surface area contributed by atoms with Crippen LogP contribution in [0.3, 0.4) is 0 Å². The summed E-state index contributed by atoms with van der Waals surface area (Å²) >= 11 is 0. The van der Waals surface area contributed by atoms with Crippen molar-refractivity contribution in [3.8, 4) is 0 Å². The summed E-state index contributed by atoms with van der Waals surface area (Å²) in [5.41, 5.74) is 14.1. The molecule has 5 heteroatoms. The van der Waals surface area contributed by atoms with Crippen molar-refractivity contribution in [3.63, 3.8) is 0 Å². The third-order valence-corrected chi connectivity index (χ3v) is 4.53. The summed E-state index contributed by atoms with van der Waals surface area (Å²) < 4.78 is 12.2. The van der Waals surface area contributed by atoms with Gasteiger partial charge in [0.1, 0.15) is 0 Å². The van der Waals surface area contributed by atoms with Gasteiger partial charge in [0.25, 0.3) is 0 Å². The summed E-state index contributed by atoms with van der Waals surface area (Å²) in [6.45, 7) is 9.23. The fourth-order valence-electron chi connectivity index (χ4n) is 2.44. The second-order valence-corrected chi connectivity index (χ2v) is 6.80. The zero-order valence-corrected chi connectivity index (χ0v) is 14.1. The molecule has 1 aromatic carbocycles. The van der Waals surface area contributed by atoms with E-state index in [4.69, 9.17) is 20.8 Å². The van der Waals surface area contributed by atoms with Crippen molar-refractivity contribution in [2.45, 2.75) is 45.3 Å². The van der Waals surface area contributed by atoms with E-state index < -0.39 is 7.12 Å². The van der Waals surface area contributed by atoms with E-state index in [0.717, 1.165) is 17.5 Å². The predicted octanol–water partition coefficient (Wildman–Crippen LogP) is 2.16. The van der Waals surface area contributed by atoms with E-state index in [-0.39, 0.29) is 11.2 Å². The van der Waals surface area contributed by atoms with Gasteiger partial charge in [-0.05, 0) is 57.3 Å². The lowest BCUT2D eigenvalue weighted by Gasteiger charge is -2.32. The summed E-state index contributed by atoms with van der Waals surface area (Å²) in [5.74, 6) is 0. The SMILES string of the molecule is CC1(C)OB(C(=Cc2cccc(CCN)c2)CN)OC1(C)C. The first-order valence-corrected chi connectivity index (χ1v) is 7.84. The van der Waals surface area contributed by atoms with Crippen molar-refractivity contribution in [2.75, 3.05) is 13.1 Å². The number of benzene rings is 1. The Balaban J connectivity index is 2.23. The van der Waals surface area contributed by atoms with Gasteiger partial charge in [-0.3, -0.25) is 0 Å². The van der Waals surface area contributed by atoms with Gasteiger partial charge in [0.05, 0.1) is 11.2 Å². The molecule has 0 aromatic heterocycles. The molecule has 1 aromatic rings. The van der Waals surface area contributed by atoms with E-state index in [1.54, 1.807) is 0 Å². The van der Waals surface area contributed by atoms with Gasteiger partial charge >= 0.3 is 7.12 Å². The average Bonchev–Trinajstić information content (AvgIpc) is 2.65. The lowest BCUT2D eigenvalue weighted by atomic mass is 9.77. The highest BCUT2D eigenvalue weighted by atomic mass is 16.7. The fourth-order valence-corrected chi connectivity index (χ4v) is 2.44. The van der Waals surface area contributed by atoms with Gasteiger partial charge in [0.15, 0.2) is 0 Å². The minimum Gasteiger partial charge on any atom is -0.400 e. The molecule has 120 valence electrons. The molecule has 0 unspecified atom stereocenters. The van der Waals surface area contributed by atoms with Crippen molar-refractivity contribution in [2.24, 2.45) is 11.5 Å². The van der Waals surface area contributed by atoms with Crippen molar-refractivity contribution in [1.29, 1.82) is 0 Å². The van der Waals surface area contributed by atoms with Crippen molar-refractivity contribution in [3.05, 3.63) is 40.9 Å². The van der Waals surface area contributed by atoms with Gasteiger partial charge in [-0.25, -0.2) is 0 Å². The van der Waals surface area contributed by atoms with Crippen molar-refractivity contribution < 1.29 is 9.31 Å². The van der Waals surface area contributed by atoms with Crippen LogP contribution < -0.4 is 11.5 Å². The van der Waals surface area contributed by atoms with Crippen LogP contribution in [0.1, 0.15) is 38.8 Å². The summed E-state index contributed by atoms with van der Waals surface area (Å²) in [6, 6.07) is 8.31. The van der Waals surface area contributed by atoms with Crippen LogP contribution in [0, 0.1) is 0 Å². The molecular weight excluding hydrogens is 275 g/mol. The van der Waals surface area contributed by atoms with Crippen LogP contribution in [0.15, 0.2) is 29.7 Å². The van der Waals surface area contributed by atoms with Crippen LogP contribution in [0.4, 0.5) is 0 Å². The molecule has 0 radical (unpaired) electrons. The van der Waals surface area contributed by atoms with Gasteiger partial charge in [0, 0.05) is 6.54 Å². The first kappa shape index (κ1) is 17.2. The molecule has 0 atom stereocenters. The summed E-state index contributed by atoms with van der Waals surface area (Å²) in [4.78, 5) is 0. The first-order chi connectivity index (χ1) is 10.3. The van der Waals surface area contributed by atoms with Crippen LogP contribution in [0.25, 0.3) is 6.08 Å². The smallest absolute Gasteiger partial charge is 0.400 e. The standard InChI is InChI=1S/C17H27BN2O2/c1-16(2)17(3,4)22-18(21-16)15(12-20)11-14-7-5-6-13(10-14)8-9-19/h5-7,10-11H,8-9,12,19-20H2,1-4H3. The summed E-state index contributed by atoms with van der Waals surface area (Å²) in [7, 11) is -0.395. The molecule has 1 heterocycles. The maximum atomic E-state index is 6.08. The second kappa shape index (κ2) is 6.55. The van der Waals surface area contributed by atoms with E-state index in [2.05, 4.69) is 24.3 Å². The van der Waals surface area contributed by atoms with Gasteiger partial charge < -0.3 is 20.8 Å². The molecule has 0 bridgehead atoms. The van der Waals surface area contributed by atoms with E-state index in [9.17, 15) is 0 Å². The molecule has 2 rings (SSSR count). The summed E-state index contributed by atoms with van der Waals surface area (Å²) in [5, 5.41) is 0. The quantitative estimate of drug-likeness (QED) is 0.818. The third kappa shape index (κ3) is 3.61. The minimum atomic E-state index is -0.395. The highest BCUT2D eigenvalue weighted by Gasteiger charge is 2.52.